The maximum atomic E-state index is 6.61. The number of para-hydroxylation sites is 7. The summed E-state index contributed by atoms with van der Waals surface area (Å²) in [5, 5.41) is 15.7. The number of fused-ring (bicyclic) bond motifs is 21. The van der Waals surface area contributed by atoms with Gasteiger partial charge in [0.15, 0.2) is 23.3 Å². The van der Waals surface area contributed by atoms with Crippen molar-refractivity contribution in [2.24, 2.45) is 0 Å². The molecule has 0 N–H and O–H groups in total. The van der Waals surface area contributed by atoms with Crippen molar-refractivity contribution in [3.8, 4) is 124 Å². The normalized spacial score (nSPS) is 11.9. The van der Waals surface area contributed by atoms with Crippen LogP contribution in [0.2, 0.25) is 0 Å². The standard InChI is InChI=1S/C63H37N5O2.C63H39N5O/c1-3-15-38(16-4-1)61-64-62(48-24-13-23-47-46-21-9-12-27-56(46)70-60(47)48)66-63(65-61)68-53-26-11-8-20-45(53)49-35-39(29-32-55(49)68)40-31-34-57-51(36-40)59-43(22-14-28-58(59)69-57)41-30-33-54-50(37-41)44-19-7-10-25-52(44)67(54)42-17-5-2-6-18-42;1-4-16-40(17-5-1)43-22-14-23-47(36-43)67-54-27-12-10-24-49(54)52-39-46(31-34-56(52)67)48-26-15-29-59-60(48)53-38-45(32-35-58(53)69-59)44-30-33-57-51(37-44)50-25-11-13-28-55(50)68(57)63-65-61(41-18-6-2-7-19-41)64-62(66-63)42-20-8-3-9-21-42/h1-37H;1-39H. The molecule has 0 atom stereocenters. The molecule has 0 saturated heterocycles. The quantitative estimate of drug-likeness (QED) is 0.110. The maximum Gasteiger partial charge on any atom is 0.238 e. The first-order valence-corrected chi connectivity index (χ1v) is 46.8. The highest BCUT2D eigenvalue weighted by atomic mass is 16.3. The molecule has 0 fully saturated rings. The number of hydrogen-bond donors (Lipinski definition) is 0. The van der Waals surface area contributed by atoms with Crippen LogP contribution in [-0.2, 0) is 0 Å². The van der Waals surface area contributed by atoms with E-state index >= 15 is 0 Å². The number of benzene rings is 20. The number of rotatable bonds is 13. The van der Waals surface area contributed by atoms with E-state index in [4.69, 9.17) is 43.2 Å². The first-order valence-electron chi connectivity index (χ1n) is 46.8. The van der Waals surface area contributed by atoms with Gasteiger partial charge in [0.05, 0.1) is 49.7 Å². The SMILES string of the molecule is c1ccc(-c2cccc(-n3c4ccccc4c4cc(-c5cccc6oc7ccc(-c8ccc9c(c8)c8ccccc8n9-c8nc(-c9ccccc9)nc(-c9ccccc9)n8)cc7c56)ccc43)c2)cc1.c1ccc(-c2nc(-c3cccc4c3oc3ccccc34)nc(-n3c4ccccc4c4cc(-c5ccc6oc7cccc(-c8ccc9c(c8)c8ccccc8n9-c8ccccc8)c7c6c5)ccc43)n2)cc1. The van der Waals surface area contributed by atoms with Crippen molar-refractivity contribution in [1.82, 2.24) is 48.2 Å². The zero-order chi connectivity index (χ0) is 91.3. The average molecular weight is 1780 g/mol. The molecule has 0 aliphatic carbocycles. The summed E-state index contributed by atoms with van der Waals surface area (Å²) >= 11 is 0. The van der Waals surface area contributed by atoms with Crippen molar-refractivity contribution in [3.05, 3.63) is 461 Å². The Labute approximate surface area is 794 Å². The molecule has 9 heterocycles. The van der Waals surface area contributed by atoms with Gasteiger partial charge < -0.3 is 22.4 Å². The second-order valence-electron chi connectivity index (χ2n) is 35.5. The Hall–Kier alpha value is -19.0. The van der Waals surface area contributed by atoms with Crippen LogP contribution in [0.1, 0.15) is 0 Å². The third-order valence-electron chi connectivity index (χ3n) is 27.6. The van der Waals surface area contributed by atoms with Gasteiger partial charge in [-0.2, -0.15) is 19.9 Å². The van der Waals surface area contributed by atoms with Crippen LogP contribution in [0.25, 0.3) is 277 Å². The van der Waals surface area contributed by atoms with Gasteiger partial charge in [0, 0.05) is 103 Å². The fourth-order valence-corrected chi connectivity index (χ4v) is 21.2. The van der Waals surface area contributed by atoms with E-state index in [0.717, 1.165) is 193 Å². The summed E-state index contributed by atoms with van der Waals surface area (Å²) in [7, 11) is 0. The van der Waals surface area contributed by atoms with Gasteiger partial charge >= 0.3 is 0 Å². The molecule has 0 bridgehead atoms. The van der Waals surface area contributed by atoms with E-state index in [1.54, 1.807) is 0 Å². The van der Waals surface area contributed by atoms with Crippen molar-refractivity contribution in [1.29, 1.82) is 0 Å². The van der Waals surface area contributed by atoms with Crippen LogP contribution < -0.4 is 0 Å². The van der Waals surface area contributed by atoms with Crippen LogP contribution >= 0.6 is 0 Å². The molecule has 20 aromatic carbocycles. The second kappa shape index (κ2) is 31.9. The molecule has 0 aliphatic heterocycles. The summed E-state index contributed by atoms with van der Waals surface area (Å²) in [5.41, 5.74) is 30.9. The minimum absolute atomic E-state index is 0.526. The number of nitrogens with zero attached hydrogens (tertiary/aromatic N) is 10. The monoisotopic (exact) mass is 1780 g/mol. The molecule has 0 unspecified atom stereocenters. The Morgan fingerprint density at radius 2 is 0.446 bits per heavy atom. The van der Waals surface area contributed by atoms with Gasteiger partial charge in [-0.15, -0.1) is 0 Å². The molecule has 29 rings (SSSR count). The molecular formula is C126H76N10O3. The lowest BCUT2D eigenvalue weighted by Gasteiger charge is -2.11. The number of furan rings is 3. The molecule has 0 spiro atoms. The van der Waals surface area contributed by atoms with Crippen molar-refractivity contribution in [3.63, 3.8) is 0 Å². The molecule has 0 amide bonds. The highest BCUT2D eigenvalue weighted by Gasteiger charge is 2.27. The first-order chi connectivity index (χ1) is 68.9. The smallest absolute Gasteiger partial charge is 0.238 e. The number of aromatic nitrogens is 10. The van der Waals surface area contributed by atoms with E-state index < -0.39 is 0 Å². The van der Waals surface area contributed by atoms with Crippen LogP contribution in [0.3, 0.4) is 0 Å². The fourth-order valence-electron chi connectivity index (χ4n) is 21.2. The van der Waals surface area contributed by atoms with Gasteiger partial charge in [0.2, 0.25) is 11.9 Å². The molecule has 9 aromatic heterocycles. The van der Waals surface area contributed by atoms with E-state index in [9.17, 15) is 0 Å². The van der Waals surface area contributed by atoms with Crippen molar-refractivity contribution < 1.29 is 13.3 Å². The molecule has 139 heavy (non-hydrogen) atoms. The van der Waals surface area contributed by atoms with E-state index in [0.29, 0.717) is 35.2 Å². The lowest BCUT2D eigenvalue weighted by atomic mass is 9.96. The predicted molar refractivity (Wildman–Crippen MR) is 568 cm³/mol. The highest BCUT2D eigenvalue weighted by Crippen LogP contribution is 2.48. The van der Waals surface area contributed by atoms with Crippen LogP contribution in [0.15, 0.2) is 474 Å². The van der Waals surface area contributed by atoms with E-state index in [-0.39, 0.29) is 0 Å². The Kier molecular flexibility index (Phi) is 18.0. The van der Waals surface area contributed by atoms with Gasteiger partial charge in [-0.25, -0.2) is 9.97 Å². The number of hydrogen-bond acceptors (Lipinski definition) is 9. The summed E-state index contributed by atoms with van der Waals surface area (Å²) in [5.74, 6) is 3.46. The van der Waals surface area contributed by atoms with Crippen molar-refractivity contribution in [2.45, 2.75) is 0 Å². The maximum absolute atomic E-state index is 6.61. The van der Waals surface area contributed by atoms with Crippen LogP contribution in [0.5, 0.6) is 0 Å². The molecule has 0 saturated carbocycles. The lowest BCUT2D eigenvalue weighted by molar-refractivity contribution is 0.668. The molecular weight excluding hydrogens is 1700 g/mol. The summed E-state index contributed by atoms with van der Waals surface area (Å²) in [6.07, 6.45) is 0. The Morgan fingerprint density at radius 3 is 0.921 bits per heavy atom. The molecule has 0 radical (unpaired) electrons. The molecule has 13 nitrogen and oxygen atoms in total. The Balaban J connectivity index is 0.000000137. The van der Waals surface area contributed by atoms with E-state index in [1.165, 1.54) is 49.2 Å². The van der Waals surface area contributed by atoms with Gasteiger partial charge in [-0.05, 0) is 201 Å². The third kappa shape index (κ3) is 13.0. The van der Waals surface area contributed by atoms with E-state index in [2.05, 4.69) is 358 Å². The van der Waals surface area contributed by atoms with Gasteiger partial charge in [0.25, 0.3) is 0 Å². The van der Waals surface area contributed by atoms with Gasteiger partial charge in [-0.3, -0.25) is 9.13 Å². The van der Waals surface area contributed by atoms with E-state index in [1.807, 2.05) is 121 Å². The molecule has 13 heteroatoms. The zero-order valence-corrected chi connectivity index (χ0v) is 74.6. The fraction of sp³-hybridized carbons (Fsp3) is 0. The largest absolute Gasteiger partial charge is 0.456 e. The first kappa shape index (κ1) is 78.7. The van der Waals surface area contributed by atoms with Crippen LogP contribution in [-0.4, -0.2) is 48.2 Å². The summed E-state index contributed by atoms with van der Waals surface area (Å²) in [6, 6.07) is 162. The minimum atomic E-state index is 0.526. The molecule has 29 aromatic rings. The minimum Gasteiger partial charge on any atom is -0.456 e. The summed E-state index contributed by atoms with van der Waals surface area (Å²) in [4.78, 5) is 30.8. The van der Waals surface area contributed by atoms with Crippen LogP contribution in [0.4, 0.5) is 0 Å². The van der Waals surface area contributed by atoms with Crippen molar-refractivity contribution >= 4 is 153 Å². The second-order valence-corrected chi connectivity index (χ2v) is 35.5. The Morgan fingerprint density at radius 1 is 0.151 bits per heavy atom. The van der Waals surface area contributed by atoms with Gasteiger partial charge in [0.1, 0.15) is 33.5 Å². The topological polar surface area (TPSA) is 136 Å². The summed E-state index contributed by atoms with van der Waals surface area (Å²) in [6.45, 7) is 0. The van der Waals surface area contributed by atoms with Gasteiger partial charge in [-0.1, -0.05) is 315 Å². The van der Waals surface area contributed by atoms with Crippen molar-refractivity contribution in [2.75, 3.05) is 0 Å². The molecule has 0 aliphatic rings. The molecule has 648 valence electrons. The highest BCUT2D eigenvalue weighted by molar-refractivity contribution is 6.20. The lowest BCUT2D eigenvalue weighted by Crippen LogP contribution is -2.06. The Bertz CT molecular complexity index is 9990. The zero-order valence-electron chi connectivity index (χ0n) is 74.6. The van der Waals surface area contributed by atoms with Crippen LogP contribution in [0, 0.1) is 0 Å². The predicted octanol–water partition coefficient (Wildman–Crippen LogP) is 32.8. The average Bonchev–Trinajstić information content (AvgIpc) is 1.59. The third-order valence-corrected chi connectivity index (χ3v) is 27.6. The summed E-state index contributed by atoms with van der Waals surface area (Å²) < 4.78 is 28.8.